The number of hydrogen-bond donors (Lipinski definition) is 0. The van der Waals surface area contributed by atoms with E-state index < -0.39 is 52.9 Å². The third kappa shape index (κ3) is 2.80. The summed E-state index contributed by atoms with van der Waals surface area (Å²) in [6.07, 6.45) is -9.46. The summed E-state index contributed by atoms with van der Waals surface area (Å²) in [6.45, 7) is 0. The molecule has 0 saturated heterocycles. The molecule has 0 spiro atoms. The third-order valence-corrected chi connectivity index (χ3v) is 1.80. The summed E-state index contributed by atoms with van der Waals surface area (Å²) in [5.74, 6) is -19.3. The molecule has 1 nitrogen and oxygen atoms in total. The molecule has 1 rings (SSSR count). The average Bonchev–Trinajstić information content (AvgIpc) is 2.32. The van der Waals surface area contributed by atoms with Crippen LogP contribution in [-0.2, 0) is 0 Å². The van der Waals surface area contributed by atoms with Crippen LogP contribution >= 0.6 is 0 Å². The van der Waals surface area contributed by atoms with E-state index in [9.17, 15) is 43.9 Å². The lowest BCUT2D eigenvalue weighted by Gasteiger charge is -2.13. The second-order valence-corrected chi connectivity index (χ2v) is 3.09. The van der Waals surface area contributed by atoms with Crippen molar-refractivity contribution in [2.24, 2.45) is 0 Å². The first kappa shape index (κ1) is 16.1. The summed E-state index contributed by atoms with van der Waals surface area (Å²) in [6, 6.07) is 0. The maximum Gasteiger partial charge on any atom is 0.455 e. The Bertz CT molecular complexity index is 540. The smallest absolute Gasteiger partial charge is 0.441 e. The Morgan fingerprint density at radius 2 is 1.05 bits per heavy atom. The summed E-state index contributed by atoms with van der Waals surface area (Å²) in [4.78, 5) is 0. The van der Waals surface area contributed by atoms with Crippen molar-refractivity contribution in [2.45, 2.75) is 6.18 Å². The Balaban J connectivity index is 3.47. The minimum Gasteiger partial charge on any atom is -0.441 e. The lowest BCUT2D eigenvalue weighted by atomic mass is 10.2. The molecule has 112 valence electrons. The first-order valence-electron chi connectivity index (χ1n) is 4.30. The van der Waals surface area contributed by atoms with Gasteiger partial charge in [-0.3, -0.25) is 0 Å². The van der Waals surface area contributed by atoms with E-state index in [2.05, 4.69) is 4.74 Å². The minimum atomic E-state index is -5.90. The average molecular weight is 314 g/mol. The van der Waals surface area contributed by atoms with Crippen molar-refractivity contribution in [3.05, 3.63) is 40.9 Å². The van der Waals surface area contributed by atoms with Gasteiger partial charge in [0.2, 0.25) is 34.8 Å². The highest BCUT2D eigenvalue weighted by atomic mass is 19.4. The lowest BCUT2D eigenvalue weighted by molar-refractivity contribution is -0.121. The van der Waals surface area contributed by atoms with Crippen LogP contribution in [0.25, 0.3) is 0 Å². The van der Waals surface area contributed by atoms with E-state index in [1.54, 1.807) is 0 Å². The number of rotatable bonds is 2. The molecule has 0 radical (unpaired) electrons. The van der Waals surface area contributed by atoms with Gasteiger partial charge in [0.25, 0.3) is 5.76 Å². The van der Waals surface area contributed by atoms with E-state index in [0.29, 0.717) is 0 Å². The van der Waals surface area contributed by atoms with Crippen LogP contribution in [0.3, 0.4) is 0 Å². The first-order valence-corrected chi connectivity index (χ1v) is 4.30. The summed E-state index contributed by atoms with van der Waals surface area (Å²) < 4.78 is 127. The van der Waals surface area contributed by atoms with Gasteiger partial charge in [-0.05, 0) is 0 Å². The topological polar surface area (TPSA) is 9.23 Å². The Morgan fingerprint density at radius 3 is 1.35 bits per heavy atom. The van der Waals surface area contributed by atoms with E-state index in [4.69, 9.17) is 0 Å². The Kier molecular flexibility index (Phi) is 4.20. The molecule has 0 aliphatic heterocycles. The summed E-state index contributed by atoms with van der Waals surface area (Å²) in [5.41, 5.74) is 0. The zero-order chi connectivity index (χ0) is 15.8. The van der Waals surface area contributed by atoms with Crippen molar-refractivity contribution >= 4 is 0 Å². The molecule has 1 aromatic rings. The van der Waals surface area contributed by atoms with Crippen LogP contribution in [0, 0.1) is 29.1 Å². The highest BCUT2D eigenvalue weighted by molar-refractivity contribution is 5.31. The highest BCUT2D eigenvalue weighted by Gasteiger charge is 2.42. The van der Waals surface area contributed by atoms with Crippen molar-refractivity contribution in [3.8, 4) is 5.75 Å². The van der Waals surface area contributed by atoms with Crippen LogP contribution in [0.1, 0.15) is 0 Å². The van der Waals surface area contributed by atoms with Crippen LogP contribution in [0.2, 0.25) is 0 Å². The Labute approximate surface area is 103 Å². The predicted molar refractivity (Wildman–Crippen MR) is 42.2 cm³/mol. The van der Waals surface area contributed by atoms with Crippen LogP contribution in [0.5, 0.6) is 5.75 Å². The van der Waals surface area contributed by atoms with E-state index in [-0.39, 0.29) is 0 Å². The fourth-order valence-corrected chi connectivity index (χ4v) is 0.980. The van der Waals surface area contributed by atoms with E-state index >= 15 is 0 Å². The molecule has 0 heterocycles. The molecule has 11 heteroatoms. The molecule has 0 saturated carbocycles. The zero-order valence-corrected chi connectivity index (χ0v) is 8.69. The predicted octanol–water partition coefficient (Wildman–Crippen LogP) is 4.43. The van der Waals surface area contributed by atoms with Gasteiger partial charge in [-0.25, -0.2) is 13.2 Å². The van der Waals surface area contributed by atoms with Gasteiger partial charge in [0.05, 0.1) is 0 Å². The fourth-order valence-electron chi connectivity index (χ4n) is 0.980. The second kappa shape index (κ2) is 5.21. The number of benzene rings is 1. The third-order valence-electron chi connectivity index (χ3n) is 1.80. The van der Waals surface area contributed by atoms with Crippen molar-refractivity contribution in [3.63, 3.8) is 0 Å². The Hall–Kier alpha value is -1.94. The van der Waals surface area contributed by atoms with Crippen LogP contribution in [-0.4, -0.2) is 6.18 Å². The molecule has 0 N–H and O–H groups in total. The molecule has 0 bridgehead atoms. The molecule has 0 aliphatic carbocycles. The minimum absolute atomic E-state index is 2.48. The van der Waals surface area contributed by atoms with Gasteiger partial charge >= 0.3 is 12.3 Å². The number of hydrogen-bond acceptors (Lipinski definition) is 1. The maximum atomic E-state index is 12.9. The van der Waals surface area contributed by atoms with E-state index in [1.807, 2.05) is 0 Å². The molecular formula is C9F10O. The van der Waals surface area contributed by atoms with Crippen LogP contribution < -0.4 is 4.74 Å². The molecule has 0 aromatic heterocycles. The lowest BCUT2D eigenvalue weighted by Crippen LogP contribution is -2.20. The van der Waals surface area contributed by atoms with Crippen LogP contribution in [0.15, 0.2) is 11.8 Å². The highest BCUT2D eigenvalue weighted by Crippen LogP contribution is 2.36. The number of allylic oxidation sites excluding steroid dienone is 1. The van der Waals surface area contributed by atoms with Crippen molar-refractivity contribution in [1.29, 1.82) is 0 Å². The molecule has 0 amide bonds. The summed E-state index contributed by atoms with van der Waals surface area (Å²) >= 11 is 0. The summed E-state index contributed by atoms with van der Waals surface area (Å²) in [5, 5.41) is 0. The quantitative estimate of drug-likeness (QED) is 0.340. The number of halogens is 10. The number of ether oxygens (including phenoxy) is 1. The molecule has 20 heavy (non-hydrogen) atoms. The van der Waals surface area contributed by atoms with Gasteiger partial charge in [0.15, 0.2) is 0 Å². The zero-order valence-electron chi connectivity index (χ0n) is 8.69. The van der Waals surface area contributed by atoms with Crippen molar-refractivity contribution in [2.75, 3.05) is 0 Å². The monoisotopic (exact) mass is 314 g/mol. The molecule has 1 aromatic carbocycles. The van der Waals surface area contributed by atoms with Gasteiger partial charge in [0.1, 0.15) is 0 Å². The molecular weight excluding hydrogens is 314 g/mol. The standard InChI is InChI=1S/C9F10O/c10-1-2(11)4(13)6(5(14)3(1)12)20-7(8(15)16)9(17,18)19. The fraction of sp³-hybridized carbons (Fsp3) is 0.111. The molecule has 0 fully saturated rings. The van der Waals surface area contributed by atoms with Gasteiger partial charge < -0.3 is 4.74 Å². The second-order valence-electron chi connectivity index (χ2n) is 3.09. The van der Waals surface area contributed by atoms with Crippen LogP contribution in [0.4, 0.5) is 43.9 Å². The van der Waals surface area contributed by atoms with Crippen molar-refractivity contribution < 1.29 is 48.6 Å². The van der Waals surface area contributed by atoms with E-state index in [0.717, 1.165) is 0 Å². The number of alkyl halides is 3. The first-order chi connectivity index (χ1) is 8.98. The normalized spacial score (nSPS) is 11.5. The van der Waals surface area contributed by atoms with Gasteiger partial charge in [0, 0.05) is 0 Å². The summed E-state index contributed by atoms with van der Waals surface area (Å²) in [7, 11) is 0. The largest absolute Gasteiger partial charge is 0.455 e. The van der Waals surface area contributed by atoms with Gasteiger partial charge in [-0.1, -0.05) is 0 Å². The van der Waals surface area contributed by atoms with Crippen molar-refractivity contribution in [1.82, 2.24) is 0 Å². The van der Waals surface area contributed by atoms with E-state index in [1.165, 1.54) is 0 Å². The maximum absolute atomic E-state index is 12.9. The van der Waals surface area contributed by atoms with Gasteiger partial charge in [-0.2, -0.15) is 30.7 Å². The Morgan fingerprint density at radius 1 is 0.700 bits per heavy atom. The molecule has 0 aliphatic rings. The molecule has 0 unspecified atom stereocenters. The van der Waals surface area contributed by atoms with Gasteiger partial charge in [-0.15, -0.1) is 0 Å². The SMILES string of the molecule is FC(F)=C(Oc1c(F)c(F)c(F)c(F)c1F)C(F)(F)F. The molecule has 0 atom stereocenters.